The molecule has 1 aromatic carbocycles. The van der Waals surface area contributed by atoms with Gasteiger partial charge >= 0.3 is 0 Å². The Morgan fingerprint density at radius 3 is 2.75 bits per heavy atom. The molecule has 0 radical (unpaired) electrons. The van der Waals surface area contributed by atoms with E-state index >= 15 is 0 Å². The fourth-order valence-electron chi connectivity index (χ4n) is 1.24. The molecule has 0 heterocycles. The molecule has 0 saturated carbocycles. The summed E-state index contributed by atoms with van der Waals surface area (Å²) < 4.78 is 0. The first-order valence-corrected chi connectivity index (χ1v) is 6.18. The summed E-state index contributed by atoms with van der Waals surface area (Å²) in [5, 5.41) is 0. The van der Waals surface area contributed by atoms with Gasteiger partial charge in [-0.25, -0.2) is 0 Å². The minimum Gasteiger partial charge on any atom is -0.398 e. The molecule has 88 valence electrons. The third-order valence-electron chi connectivity index (χ3n) is 2.24. The summed E-state index contributed by atoms with van der Waals surface area (Å²) in [6.45, 7) is 2.04. The lowest BCUT2D eigenvalue weighted by molar-refractivity contribution is -0.128. The van der Waals surface area contributed by atoms with Gasteiger partial charge in [0.05, 0.1) is 0 Å². The van der Waals surface area contributed by atoms with E-state index in [1.165, 1.54) is 5.56 Å². The summed E-state index contributed by atoms with van der Waals surface area (Å²) >= 11 is 1.63. The number of thioether (sulfide) groups is 1. The Balaban J connectivity index is 2.49. The van der Waals surface area contributed by atoms with E-state index in [1.807, 2.05) is 19.1 Å². The van der Waals surface area contributed by atoms with Crippen LogP contribution in [0.2, 0.25) is 0 Å². The zero-order chi connectivity index (χ0) is 12.1. The van der Waals surface area contributed by atoms with Crippen molar-refractivity contribution in [2.45, 2.75) is 18.2 Å². The zero-order valence-electron chi connectivity index (χ0n) is 9.99. The molecule has 0 aliphatic heterocycles. The first kappa shape index (κ1) is 12.9. The van der Waals surface area contributed by atoms with Crippen LogP contribution < -0.4 is 5.73 Å². The minimum atomic E-state index is 0.152. The largest absolute Gasteiger partial charge is 0.398 e. The molecule has 2 N–H and O–H groups in total. The summed E-state index contributed by atoms with van der Waals surface area (Å²) in [6.07, 6.45) is 0.547. The number of aryl methyl sites for hydroxylation is 1. The van der Waals surface area contributed by atoms with Crippen LogP contribution in [0.4, 0.5) is 5.69 Å². The van der Waals surface area contributed by atoms with Crippen LogP contribution in [0.15, 0.2) is 23.1 Å². The highest BCUT2D eigenvalue weighted by atomic mass is 32.2. The highest BCUT2D eigenvalue weighted by Crippen LogP contribution is 2.26. The van der Waals surface area contributed by atoms with Gasteiger partial charge in [0, 0.05) is 36.9 Å². The number of hydrogen-bond acceptors (Lipinski definition) is 3. The second-order valence-corrected chi connectivity index (χ2v) is 5.06. The van der Waals surface area contributed by atoms with Gasteiger partial charge in [-0.1, -0.05) is 6.07 Å². The number of rotatable bonds is 4. The summed E-state index contributed by atoms with van der Waals surface area (Å²) in [4.78, 5) is 14.0. The van der Waals surface area contributed by atoms with Crippen LogP contribution in [0.25, 0.3) is 0 Å². The Hall–Kier alpha value is -1.16. The number of carbonyl (C=O) groups is 1. The molecule has 0 aliphatic rings. The Kier molecular flexibility index (Phi) is 4.68. The molecule has 1 amide bonds. The average molecular weight is 238 g/mol. The number of anilines is 1. The maximum absolute atomic E-state index is 11.4. The maximum Gasteiger partial charge on any atom is 0.222 e. The molecule has 4 heteroatoms. The Morgan fingerprint density at radius 2 is 2.12 bits per heavy atom. The van der Waals surface area contributed by atoms with Gasteiger partial charge in [0.15, 0.2) is 0 Å². The molecule has 0 saturated heterocycles. The van der Waals surface area contributed by atoms with Gasteiger partial charge < -0.3 is 10.6 Å². The fourth-order valence-corrected chi connectivity index (χ4v) is 2.24. The van der Waals surface area contributed by atoms with Crippen LogP contribution in [0.5, 0.6) is 0 Å². The van der Waals surface area contributed by atoms with Crippen LogP contribution >= 0.6 is 11.8 Å². The second-order valence-electron chi connectivity index (χ2n) is 3.93. The van der Waals surface area contributed by atoms with Crippen molar-refractivity contribution >= 4 is 23.4 Å². The lowest BCUT2D eigenvalue weighted by Gasteiger charge is -2.10. The molecule has 1 aromatic rings. The van der Waals surface area contributed by atoms with E-state index in [0.29, 0.717) is 6.42 Å². The standard InChI is InChI=1S/C12H18N2OS/c1-9-4-5-10(13)11(8-9)16-7-6-12(15)14(2)3/h4-5,8H,6-7,13H2,1-3H3. The van der Waals surface area contributed by atoms with Crippen molar-refractivity contribution < 1.29 is 4.79 Å². The summed E-state index contributed by atoms with van der Waals surface area (Å²) in [5.41, 5.74) is 7.83. The van der Waals surface area contributed by atoms with Crippen LogP contribution in [0.3, 0.4) is 0 Å². The molecule has 0 aromatic heterocycles. The Labute approximate surface area is 101 Å². The van der Waals surface area contributed by atoms with Crippen molar-refractivity contribution in [1.29, 1.82) is 0 Å². The molecular weight excluding hydrogens is 220 g/mol. The summed E-state index contributed by atoms with van der Waals surface area (Å²) in [6, 6.07) is 5.95. The van der Waals surface area contributed by atoms with Crippen molar-refractivity contribution in [1.82, 2.24) is 4.90 Å². The number of benzene rings is 1. The maximum atomic E-state index is 11.4. The van der Waals surface area contributed by atoms with Gasteiger partial charge in [0.2, 0.25) is 5.91 Å². The smallest absolute Gasteiger partial charge is 0.222 e. The minimum absolute atomic E-state index is 0.152. The number of carbonyl (C=O) groups excluding carboxylic acids is 1. The molecule has 16 heavy (non-hydrogen) atoms. The van der Waals surface area contributed by atoms with Crippen molar-refractivity contribution in [3.05, 3.63) is 23.8 Å². The van der Waals surface area contributed by atoms with Gasteiger partial charge in [-0.2, -0.15) is 0 Å². The van der Waals surface area contributed by atoms with Gasteiger partial charge in [-0.05, 0) is 24.6 Å². The summed E-state index contributed by atoms with van der Waals surface area (Å²) in [7, 11) is 3.54. The van der Waals surface area contributed by atoms with Gasteiger partial charge in [0.25, 0.3) is 0 Å². The van der Waals surface area contributed by atoms with Crippen molar-refractivity contribution in [2.75, 3.05) is 25.6 Å². The third-order valence-corrected chi connectivity index (χ3v) is 3.31. The predicted octanol–water partition coefficient (Wildman–Crippen LogP) is 2.15. The topological polar surface area (TPSA) is 46.3 Å². The van der Waals surface area contributed by atoms with Gasteiger partial charge in [-0.3, -0.25) is 4.79 Å². The van der Waals surface area contributed by atoms with Gasteiger partial charge in [0.1, 0.15) is 0 Å². The number of nitrogen functional groups attached to an aromatic ring is 1. The van der Waals surface area contributed by atoms with E-state index in [2.05, 4.69) is 6.07 Å². The number of nitrogens with two attached hydrogens (primary N) is 1. The van der Waals surface area contributed by atoms with Crippen LogP contribution in [0.1, 0.15) is 12.0 Å². The van der Waals surface area contributed by atoms with E-state index in [4.69, 9.17) is 5.73 Å². The highest BCUT2D eigenvalue weighted by molar-refractivity contribution is 7.99. The van der Waals surface area contributed by atoms with Crippen LogP contribution in [0, 0.1) is 6.92 Å². The molecule has 1 rings (SSSR count). The van der Waals surface area contributed by atoms with Crippen molar-refractivity contribution in [3.63, 3.8) is 0 Å². The summed E-state index contributed by atoms with van der Waals surface area (Å²) in [5.74, 6) is 0.920. The first-order chi connectivity index (χ1) is 7.50. The molecule has 0 bridgehead atoms. The quantitative estimate of drug-likeness (QED) is 0.646. The Morgan fingerprint density at radius 1 is 1.44 bits per heavy atom. The number of nitrogens with zero attached hydrogens (tertiary/aromatic N) is 1. The number of amides is 1. The molecule has 0 fully saturated rings. The Bertz CT molecular complexity index is 377. The van der Waals surface area contributed by atoms with E-state index in [-0.39, 0.29) is 5.91 Å². The predicted molar refractivity (Wildman–Crippen MR) is 69.6 cm³/mol. The first-order valence-electron chi connectivity index (χ1n) is 5.20. The van der Waals surface area contributed by atoms with E-state index in [9.17, 15) is 4.79 Å². The monoisotopic (exact) mass is 238 g/mol. The molecular formula is C12H18N2OS. The fraction of sp³-hybridized carbons (Fsp3) is 0.417. The van der Waals surface area contributed by atoms with Crippen LogP contribution in [-0.4, -0.2) is 30.7 Å². The van der Waals surface area contributed by atoms with E-state index in [1.54, 1.807) is 30.8 Å². The molecule has 0 aliphatic carbocycles. The molecule has 0 atom stereocenters. The normalized spacial score (nSPS) is 10.2. The van der Waals surface area contributed by atoms with E-state index in [0.717, 1.165) is 16.3 Å². The van der Waals surface area contributed by atoms with Crippen molar-refractivity contribution in [3.8, 4) is 0 Å². The number of hydrogen-bond donors (Lipinski definition) is 1. The molecule has 0 spiro atoms. The zero-order valence-corrected chi connectivity index (χ0v) is 10.8. The van der Waals surface area contributed by atoms with Crippen LogP contribution in [-0.2, 0) is 4.79 Å². The van der Waals surface area contributed by atoms with Gasteiger partial charge in [-0.15, -0.1) is 11.8 Å². The lowest BCUT2D eigenvalue weighted by Crippen LogP contribution is -2.21. The van der Waals surface area contributed by atoms with E-state index < -0.39 is 0 Å². The highest BCUT2D eigenvalue weighted by Gasteiger charge is 2.05. The SMILES string of the molecule is Cc1ccc(N)c(SCCC(=O)N(C)C)c1. The van der Waals surface area contributed by atoms with Crippen molar-refractivity contribution in [2.24, 2.45) is 0 Å². The molecule has 3 nitrogen and oxygen atoms in total. The molecule has 0 unspecified atom stereocenters. The second kappa shape index (κ2) is 5.80. The average Bonchev–Trinajstić information content (AvgIpc) is 2.22. The lowest BCUT2D eigenvalue weighted by atomic mass is 10.2. The third kappa shape index (κ3) is 3.77.